The number of hydrogen-bond donors (Lipinski definition) is 0. The molecule has 0 fully saturated rings. The number of amides is 1. The second-order valence-electron chi connectivity index (χ2n) is 3.91. The van der Waals surface area contributed by atoms with Gasteiger partial charge in [0.25, 0.3) is 0 Å². The molecule has 0 aliphatic rings. The minimum atomic E-state index is -0.409. The van der Waals surface area contributed by atoms with Crippen molar-refractivity contribution in [3.63, 3.8) is 0 Å². The Morgan fingerprint density at radius 3 is 2.56 bits per heavy atom. The first-order valence-corrected chi connectivity index (χ1v) is 5.68. The van der Waals surface area contributed by atoms with Gasteiger partial charge in [-0.3, -0.25) is 4.90 Å². The van der Waals surface area contributed by atoms with E-state index in [2.05, 4.69) is 0 Å². The van der Waals surface area contributed by atoms with Crippen molar-refractivity contribution in [2.75, 3.05) is 12.0 Å². The van der Waals surface area contributed by atoms with Gasteiger partial charge in [0.15, 0.2) is 0 Å². The summed E-state index contributed by atoms with van der Waals surface area (Å²) in [5, 5.41) is 0. The Morgan fingerprint density at radius 1 is 1.28 bits per heavy atom. The van der Waals surface area contributed by atoms with Gasteiger partial charge in [0.1, 0.15) is 6.26 Å². The van der Waals surface area contributed by atoms with E-state index in [0.29, 0.717) is 5.69 Å². The zero-order valence-corrected chi connectivity index (χ0v) is 10.4. The number of furan rings is 1. The van der Waals surface area contributed by atoms with Crippen LogP contribution in [0.2, 0.25) is 0 Å². The first-order valence-electron chi connectivity index (χ1n) is 5.68. The summed E-state index contributed by atoms with van der Waals surface area (Å²) in [7, 11) is 1.37. The summed E-state index contributed by atoms with van der Waals surface area (Å²) in [5.41, 5.74) is 1.71. The van der Waals surface area contributed by atoms with E-state index < -0.39 is 6.09 Å². The van der Waals surface area contributed by atoms with Crippen LogP contribution in [0.4, 0.5) is 10.5 Å². The van der Waals surface area contributed by atoms with Gasteiger partial charge in [0, 0.05) is 6.07 Å². The number of methoxy groups -OCH3 is 1. The second-order valence-corrected chi connectivity index (χ2v) is 3.91. The Morgan fingerprint density at radius 2 is 2.00 bits per heavy atom. The normalized spacial score (nSPS) is 11.9. The predicted molar refractivity (Wildman–Crippen MR) is 68.4 cm³/mol. The van der Waals surface area contributed by atoms with Crippen LogP contribution in [0, 0.1) is 0 Å². The Labute approximate surface area is 106 Å². The van der Waals surface area contributed by atoms with Gasteiger partial charge in [-0.05, 0) is 12.5 Å². The predicted octanol–water partition coefficient (Wildman–Crippen LogP) is 3.61. The lowest BCUT2D eigenvalue weighted by atomic mass is 10.1. The van der Waals surface area contributed by atoms with Crippen molar-refractivity contribution in [3.05, 3.63) is 54.5 Å². The number of carbonyl (C=O) groups is 1. The Balaban J connectivity index is 2.33. The van der Waals surface area contributed by atoms with Gasteiger partial charge in [-0.15, -0.1) is 0 Å². The van der Waals surface area contributed by atoms with E-state index in [1.807, 2.05) is 37.3 Å². The number of ether oxygens (including phenoxy) is 1. The van der Waals surface area contributed by atoms with Gasteiger partial charge in [-0.25, -0.2) is 4.79 Å². The number of hydrogen-bond acceptors (Lipinski definition) is 3. The molecule has 0 aliphatic heterocycles. The SMILES string of the molecule is COC(=O)N(c1ccoc1)C(C)c1ccccc1. The zero-order chi connectivity index (χ0) is 13.0. The van der Waals surface area contributed by atoms with Crippen molar-refractivity contribution in [2.24, 2.45) is 0 Å². The van der Waals surface area contributed by atoms with Crippen LogP contribution in [-0.4, -0.2) is 13.2 Å². The quantitative estimate of drug-likeness (QED) is 0.829. The number of carbonyl (C=O) groups excluding carboxylic acids is 1. The number of nitrogens with zero attached hydrogens (tertiary/aromatic N) is 1. The van der Waals surface area contributed by atoms with Crippen LogP contribution in [0.3, 0.4) is 0 Å². The van der Waals surface area contributed by atoms with Gasteiger partial charge in [-0.2, -0.15) is 0 Å². The lowest BCUT2D eigenvalue weighted by Gasteiger charge is -2.26. The molecule has 1 atom stereocenters. The molecule has 1 heterocycles. The average Bonchev–Trinajstić information content (AvgIpc) is 2.93. The molecule has 1 aromatic carbocycles. The lowest BCUT2D eigenvalue weighted by molar-refractivity contribution is 0.176. The monoisotopic (exact) mass is 245 g/mol. The molecule has 1 unspecified atom stereocenters. The molecule has 4 heteroatoms. The summed E-state index contributed by atoms with van der Waals surface area (Å²) in [6.07, 6.45) is 2.65. The molecule has 4 nitrogen and oxygen atoms in total. The maximum atomic E-state index is 11.9. The molecule has 1 aromatic heterocycles. The summed E-state index contributed by atoms with van der Waals surface area (Å²) in [4.78, 5) is 13.4. The third-order valence-corrected chi connectivity index (χ3v) is 2.82. The van der Waals surface area contributed by atoms with Crippen molar-refractivity contribution in [1.29, 1.82) is 0 Å². The molecule has 0 radical (unpaired) electrons. The van der Waals surface area contributed by atoms with E-state index in [-0.39, 0.29) is 6.04 Å². The molecule has 0 saturated heterocycles. The van der Waals surface area contributed by atoms with Crippen molar-refractivity contribution in [1.82, 2.24) is 0 Å². The molecule has 0 aliphatic carbocycles. The molecule has 2 rings (SSSR count). The Bertz CT molecular complexity index is 493. The molecule has 2 aromatic rings. The first kappa shape index (κ1) is 12.2. The highest BCUT2D eigenvalue weighted by Gasteiger charge is 2.24. The molecular weight excluding hydrogens is 230 g/mol. The van der Waals surface area contributed by atoms with Crippen LogP contribution in [0.15, 0.2) is 53.3 Å². The average molecular weight is 245 g/mol. The van der Waals surface area contributed by atoms with Gasteiger partial charge >= 0.3 is 6.09 Å². The minimum Gasteiger partial charge on any atom is -0.470 e. The topological polar surface area (TPSA) is 42.7 Å². The number of anilines is 1. The molecule has 94 valence electrons. The molecule has 0 N–H and O–H groups in total. The van der Waals surface area contributed by atoms with Gasteiger partial charge in [0.2, 0.25) is 0 Å². The van der Waals surface area contributed by atoms with Crippen LogP contribution < -0.4 is 4.90 Å². The van der Waals surface area contributed by atoms with E-state index in [9.17, 15) is 4.79 Å². The third kappa shape index (κ3) is 2.37. The maximum Gasteiger partial charge on any atom is 0.414 e. The summed E-state index contributed by atoms with van der Waals surface area (Å²) in [6, 6.07) is 11.4. The summed E-state index contributed by atoms with van der Waals surface area (Å²) in [6.45, 7) is 1.94. The molecule has 0 saturated carbocycles. The van der Waals surface area contributed by atoms with Gasteiger partial charge in [0.05, 0.1) is 25.1 Å². The largest absolute Gasteiger partial charge is 0.470 e. The fourth-order valence-corrected chi connectivity index (χ4v) is 1.86. The first-order chi connectivity index (χ1) is 8.74. The summed E-state index contributed by atoms with van der Waals surface area (Å²) >= 11 is 0. The fourth-order valence-electron chi connectivity index (χ4n) is 1.86. The highest BCUT2D eigenvalue weighted by atomic mass is 16.5. The summed E-state index contributed by atoms with van der Waals surface area (Å²) in [5.74, 6) is 0. The Kier molecular flexibility index (Phi) is 3.67. The van der Waals surface area contributed by atoms with Crippen LogP contribution in [-0.2, 0) is 4.74 Å². The molecule has 1 amide bonds. The minimum absolute atomic E-state index is 0.128. The zero-order valence-electron chi connectivity index (χ0n) is 10.4. The Hall–Kier alpha value is -2.23. The highest BCUT2D eigenvalue weighted by molar-refractivity contribution is 5.88. The van der Waals surface area contributed by atoms with E-state index in [0.717, 1.165) is 5.56 Å². The molecular formula is C14H15NO3. The van der Waals surface area contributed by atoms with Crippen molar-refractivity contribution in [3.8, 4) is 0 Å². The second kappa shape index (κ2) is 5.40. The van der Waals surface area contributed by atoms with Crippen LogP contribution in [0.5, 0.6) is 0 Å². The van der Waals surface area contributed by atoms with Crippen LogP contribution >= 0.6 is 0 Å². The molecule has 0 spiro atoms. The van der Waals surface area contributed by atoms with E-state index in [1.54, 1.807) is 11.0 Å². The third-order valence-electron chi connectivity index (χ3n) is 2.82. The van der Waals surface area contributed by atoms with Crippen molar-refractivity contribution in [2.45, 2.75) is 13.0 Å². The maximum absolute atomic E-state index is 11.9. The standard InChI is InChI=1S/C14H15NO3/c1-11(12-6-4-3-5-7-12)15(14(16)17-2)13-8-9-18-10-13/h3-11H,1-2H3. The smallest absolute Gasteiger partial charge is 0.414 e. The van der Waals surface area contributed by atoms with E-state index in [1.165, 1.54) is 19.6 Å². The van der Waals surface area contributed by atoms with E-state index in [4.69, 9.17) is 9.15 Å². The number of rotatable bonds is 3. The van der Waals surface area contributed by atoms with E-state index >= 15 is 0 Å². The van der Waals surface area contributed by atoms with Crippen LogP contribution in [0.1, 0.15) is 18.5 Å². The molecule has 18 heavy (non-hydrogen) atoms. The van der Waals surface area contributed by atoms with Crippen molar-refractivity contribution < 1.29 is 13.9 Å². The summed E-state index contributed by atoms with van der Waals surface area (Å²) < 4.78 is 9.85. The van der Waals surface area contributed by atoms with Gasteiger partial charge in [-0.1, -0.05) is 30.3 Å². The van der Waals surface area contributed by atoms with Crippen molar-refractivity contribution >= 4 is 11.8 Å². The number of benzene rings is 1. The lowest BCUT2D eigenvalue weighted by Crippen LogP contribution is -2.33. The van der Waals surface area contributed by atoms with Gasteiger partial charge < -0.3 is 9.15 Å². The fraction of sp³-hybridized carbons (Fsp3) is 0.214. The van der Waals surface area contributed by atoms with Crippen LogP contribution in [0.25, 0.3) is 0 Å². The highest BCUT2D eigenvalue weighted by Crippen LogP contribution is 2.27. The molecule has 0 bridgehead atoms.